The van der Waals surface area contributed by atoms with Gasteiger partial charge in [0.1, 0.15) is 0 Å². The molecule has 3 rings (SSSR count). The molecular formula is C32H44N2Ni. The smallest absolute Gasteiger partial charge is 0.211 e. The Hall–Kier alpha value is -1.99. The van der Waals surface area contributed by atoms with Gasteiger partial charge in [-0.1, -0.05) is 90.5 Å². The summed E-state index contributed by atoms with van der Waals surface area (Å²) < 4.78 is 1.53. The van der Waals surface area contributed by atoms with Crippen molar-refractivity contribution >= 4 is 11.4 Å². The molecule has 0 fully saturated rings. The van der Waals surface area contributed by atoms with E-state index in [0.29, 0.717) is 0 Å². The molecule has 35 heavy (non-hydrogen) atoms. The first-order valence-corrected chi connectivity index (χ1v) is 13.8. The molecule has 0 N–H and O–H groups in total. The van der Waals surface area contributed by atoms with Gasteiger partial charge in [0.25, 0.3) is 0 Å². The second-order valence-electron chi connectivity index (χ2n) is 9.70. The van der Waals surface area contributed by atoms with Crippen LogP contribution in [0.3, 0.4) is 0 Å². The molecule has 3 heteroatoms. The normalized spacial score (nSPS) is 13.5. The Bertz CT molecular complexity index is 1030. The first-order chi connectivity index (χ1) is 16.6. The van der Waals surface area contributed by atoms with Crippen molar-refractivity contribution in [2.24, 2.45) is 0 Å². The molecule has 1 aliphatic heterocycles. The summed E-state index contributed by atoms with van der Waals surface area (Å²) in [5.41, 5.74) is 21.3. The quantitative estimate of drug-likeness (QED) is 0.136. The van der Waals surface area contributed by atoms with Crippen molar-refractivity contribution in [3.8, 4) is 0 Å². The molecule has 2 nitrogen and oxygen atoms in total. The van der Waals surface area contributed by atoms with Crippen LogP contribution >= 0.6 is 0 Å². The summed E-state index contributed by atoms with van der Waals surface area (Å²) in [7, 11) is 0. The molecule has 0 saturated heterocycles. The predicted octanol–water partition coefficient (Wildman–Crippen LogP) is 9.92. The first-order valence-electron chi connectivity index (χ1n) is 13.8. The Morgan fingerprint density at radius 3 is 1.54 bits per heavy atom. The first kappa shape index (κ1) is 29.2. The van der Waals surface area contributed by atoms with Gasteiger partial charge in [-0.15, -0.1) is 0 Å². The molecule has 2 aromatic rings. The SMILES string of the molecule is CCCCCCCCC1=C(c2cccc(CC)c2)[N+](=[N-])C(c2cccc(CC)c2)=C1CCCC.[Ni]. The summed E-state index contributed by atoms with van der Waals surface area (Å²) in [6.45, 7) is 8.92. The number of rotatable bonds is 14. The van der Waals surface area contributed by atoms with E-state index < -0.39 is 0 Å². The van der Waals surface area contributed by atoms with Crippen LogP contribution in [0, 0.1) is 0 Å². The summed E-state index contributed by atoms with van der Waals surface area (Å²) in [6.07, 6.45) is 14.1. The van der Waals surface area contributed by atoms with E-state index in [-0.39, 0.29) is 16.5 Å². The fraction of sp³-hybridized carbons (Fsp3) is 0.500. The molecule has 0 amide bonds. The van der Waals surface area contributed by atoms with Crippen molar-refractivity contribution in [3.05, 3.63) is 87.5 Å². The van der Waals surface area contributed by atoms with E-state index in [1.807, 2.05) is 0 Å². The topological polar surface area (TPSA) is 25.3 Å². The fourth-order valence-corrected chi connectivity index (χ4v) is 5.10. The number of aryl methyl sites for hydroxylation is 2. The molecule has 0 spiro atoms. The number of unbranched alkanes of at least 4 members (excludes halogenated alkanes) is 6. The van der Waals surface area contributed by atoms with Crippen molar-refractivity contribution in [2.75, 3.05) is 0 Å². The maximum atomic E-state index is 11.7. The minimum absolute atomic E-state index is 0. The van der Waals surface area contributed by atoms with Gasteiger partial charge in [0.2, 0.25) is 11.4 Å². The van der Waals surface area contributed by atoms with Gasteiger partial charge in [-0.25, -0.2) is 4.70 Å². The summed E-state index contributed by atoms with van der Waals surface area (Å²) in [5, 5.41) is 0. The molecule has 0 bridgehead atoms. The molecule has 192 valence electrons. The van der Waals surface area contributed by atoms with Gasteiger partial charge in [0.15, 0.2) is 0 Å². The predicted molar refractivity (Wildman–Crippen MR) is 147 cm³/mol. The number of benzene rings is 2. The van der Waals surface area contributed by atoms with E-state index in [4.69, 9.17) is 0 Å². The van der Waals surface area contributed by atoms with Crippen LogP contribution in [0.4, 0.5) is 0 Å². The standard InChI is InChI=1S/C32H44N2.Ni/c1-5-9-11-12-13-14-22-30-29(21-10-6-2)31(27-19-15-17-25(7-3)23-27)34(33)32(30)28-20-16-18-26(8-4)24-28;/h15-20,23-24H,5-14,21-22H2,1-4H3;. The molecule has 0 aromatic heterocycles. The third kappa shape index (κ3) is 7.50. The maximum absolute atomic E-state index is 11.7. The Labute approximate surface area is 224 Å². The Morgan fingerprint density at radius 2 is 1.06 bits per heavy atom. The van der Waals surface area contributed by atoms with E-state index in [9.17, 15) is 5.53 Å². The van der Waals surface area contributed by atoms with Crippen LogP contribution in [-0.2, 0) is 29.3 Å². The summed E-state index contributed by atoms with van der Waals surface area (Å²) >= 11 is 0. The second-order valence-corrected chi connectivity index (χ2v) is 9.70. The van der Waals surface area contributed by atoms with Gasteiger partial charge in [-0.05, 0) is 73.9 Å². The van der Waals surface area contributed by atoms with Gasteiger partial charge in [-0.2, -0.15) is 0 Å². The zero-order valence-electron chi connectivity index (χ0n) is 22.3. The number of hydrogen-bond acceptors (Lipinski definition) is 0. The van der Waals surface area contributed by atoms with E-state index in [1.54, 1.807) is 0 Å². The van der Waals surface area contributed by atoms with Gasteiger partial charge < -0.3 is 5.53 Å². The molecule has 1 heterocycles. The van der Waals surface area contributed by atoms with Crippen molar-refractivity contribution in [1.29, 1.82) is 0 Å². The van der Waals surface area contributed by atoms with Crippen LogP contribution < -0.4 is 0 Å². The van der Waals surface area contributed by atoms with Crippen molar-refractivity contribution in [1.82, 2.24) is 0 Å². The van der Waals surface area contributed by atoms with Gasteiger partial charge in [0.05, 0.1) is 0 Å². The second kappa shape index (κ2) is 15.2. The Kier molecular flexibility index (Phi) is 12.7. The summed E-state index contributed by atoms with van der Waals surface area (Å²) in [6, 6.07) is 17.5. The average Bonchev–Trinajstić information content (AvgIpc) is 3.15. The monoisotopic (exact) mass is 514 g/mol. The van der Waals surface area contributed by atoms with Crippen LogP contribution in [0.15, 0.2) is 59.7 Å². The van der Waals surface area contributed by atoms with E-state index in [2.05, 4.69) is 76.2 Å². The van der Waals surface area contributed by atoms with E-state index in [0.717, 1.165) is 61.0 Å². The summed E-state index contributed by atoms with van der Waals surface area (Å²) in [5.74, 6) is 0. The molecule has 0 aliphatic carbocycles. The van der Waals surface area contributed by atoms with Gasteiger partial charge in [-0.3, -0.25) is 0 Å². The maximum Gasteiger partial charge on any atom is 0.211 e. The number of nitrogens with zero attached hydrogens (tertiary/aromatic N) is 2. The van der Waals surface area contributed by atoms with Gasteiger partial charge in [0, 0.05) is 38.8 Å². The minimum atomic E-state index is 0. The van der Waals surface area contributed by atoms with Crippen LogP contribution in [0.5, 0.6) is 0 Å². The molecule has 0 radical (unpaired) electrons. The Balaban J connectivity index is 0.00000432. The number of hydrogen-bond donors (Lipinski definition) is 0. The van der Waals surface area contributed by atoms with E-state index in [1.165, 1.54) is 65.5 Å². The Morgan fingerprint density at radius 1 is 0.600 bits per heavy atom. The zero-order valence-corrected chi connectivity index (χ0v) is 23.3. The molecule has 0 saturated carbocycles. The zero-order chi connectivity index (χ0) is 24.3. The minimum Gasteiger partial charge on any atom is -0.493 e. The fourth-order valence-electron chi connectivity index (χ4n) is 5.10. The van der Waals surface area contributed by atoms with Crippen LogP contribution in [-0.4, -0.2) is 4.70 Å². The molecule has 0 atom stereocenters. The van der Waals surface area contributed by atoms with E-state index >= 15 is 0 Å². The van der Waals surface area contributed by atoms with Crippen LogP contribution in [0.1, 0.15) is 114 Å². The third-order valence-electron chi connectivity index (χ3n) is 7.14. The average molecular weight is 515 g/mol. The molecular weight excluding hydrogens is 471 g/mol. The van der Waals surface area contributed by atoms with Crippen LogP contribution in [0.2, 0.25) is 0 Å². The summed E-state index contributed by atoms with van der Waals surface area (Å²) in [4.78, 5) is 0. The molecule has 2 aromatic carbocycles. The molecule has 1 aliphatic rings. The molecule has 0 unspecified atom stereocenters. The largest absolute Gasteiger partial charge is 0.493 e. The van der Waals surface area contributed by atoms with Crippen molar-refractivity contribution in [2.45, 2.75) is 105 Å². The van der Waals surface area contributed by atoms with Crippen LogP contribution in [0.25, 0.3) is 16.9 Å². The van der Waals surface area contributed by atoms with Crippen molar-refractivity contribution < 1.29 is 21.2 Å². The van der Waals surface area contributed by atoms with Gasteiger partial charge >= 0.3 is 0 Å². The third-order valence-corrected chi connectivity index (χ3v) is 7.14. The number of allylic oxidation sites excluding steroid dienone is 2. The van der Waals surface area contributed by atoms with Crippen molar-refractivity contribution in [3.63, 3.8) is 0 Å².